The smallest absolute Gasteiger partial charge is 0.133 e. The molecule has 2 N–H and O–H groups in total. The third-order valence-corrected chi connectivity index (χ3v) is 3.11. The van der Waals surface area contributed by atoms with Crippen molar-refractivity contribution in [2.75, 3.05) is 6.54 Å². The average Bonchev–Trinajstić information content (AvgIpc) is 2.96. The van der Waals surface area contributed by atoms with Gasteiger partial charge in [-0.3, -0.25) is 0 Å². The molecule has 0 saturated heterocycles. The maximum absolute atomic E-state index is 5.53. The molecule has 0 aromatic carbocycles. The number of nitrogens with zero attached hydrogens (tertiary/aromatic N) is 3. The number of nitrogens with two attached hydrogens (primary N) is 1. The second-order valence-electron chi connectivity index (χ2n) is 4.61. The van der Waals surface area contributed by atoms with Crippen molar-refractivity contribution >= 4 is 0 Å². The minimum atomic E-state index is 0.694. The van der Waals surface area contributed by atoms with Gasteiger partial charge in [-0.2, -0.15) is 0 Å². The number of aromatic nitrogens is 3. The highest BCUT2D eigenvalue weighted by atomic mass is 15.3. The lowest BCUT2D eigenvalue weighted by atomic mass is 10.0. The molecule has 0 amide bonds. The fourth-order valence-corrected chi connectivity index (χ4v) is 1.91. The molecule has 1 aliphatic rings. The summed E-state index contributed by atoms with van der Waals surface area (Å²) in [6.07, 6.45) is 7.78. The molecule has 1 aromatic rings. The lowest BCUT2D eigenvalue weighted by Gasteiger charge is -2.09. The minimum Gasteiger partial charge on any atom is -0.330 e. The van der Waals surface area contributed by atoms with Crippen LogP contribution in [0, 0.1) is 5.92 Å². The average molecular weight is 208 g/mol. The Hall–Kier alpha value is -0.900. The quantitative estimate of drug-likeness (QED) is 0.771. The maximum Gasteiger partial charge on any atom is 0.133 e. The molecular formula is C11H20N4. The van der Waals surface area contributed by atoms with E-state index in [2.05, 4.69) is 21.7 Å². The minimum absolute atomic E-state index is 0.694. The van der Waals surface area contributed by atoms with Crippen LogP contribution in [-0.4, -0.2) is 21.3 Å². The fourth-order valence-electron chi connectivity index (χ4n) is 1.91. The Balaban J connectivity index is 1.84. The summed E-state index contributed by atoms with van der Waals surface area (Å²) in [5.74, 6) is 1.85. The molecule has 1 unspecified atom stereocenters. The van der Waals surface area contributed by atoms with Crippen molar-refractivity contribution in [3.63, 3.8) is 0 Å². The van der Waals surface area contributed by atoms with E-state index in [4.69, 9.17) is 5.73 Å². The molecule has 1 aliphatic carbocycles. The van der Waals surface area contributed by atoms with E-state index in [0.29, 0.717) is 12.0 Å². The van der Waals surface area contributed by atoms with Gasteiger partial charge in [0.15, 0.2) is 0 Å². The van der Waals surface area contributed by atoms with Crippen LogP contribution in [0.15, 0.2) is 6.33 Å². The van der Waals surface area contributed by atoms with Gasteiger partial charge in [0.1, 0.15) is 12.2 Å². The zero-order chi connectivity index (χ0) is 10.7. The van der Waals surface area contributed by atoms with E-state index in [1.165, 1.54) is 19.3 Å². The van der Waals surface area contributed by atoms with E-state index >= 15 is 0 Å². The largest absolute Gasteiger partial charge is 0.330 e. The lowest BCUT2D eigenvalue weighted by Crippen LogP contribution is -2.08. The Morgan fingerprint density at radius 2 is 2.33 bits per heavy atom. The molecule has 0 spiro atoms. The Bertz CT molecular complexity index is 303. The molecule has 0 radical (unpaired) electrons. The first kappa shape index (κ1) is 10.6. The van der Waals surface area contributed by atoms with Crippen molar-refractivity contribution in [1.29, 1.82) is 0 Å². The highest BCUT2D eigenvalue weighted by molar-refractivity contribution is 4.94. The highest BCUT2D eigenvalue weighted by Crippen LogP contribution is 2.35. The van der Waals surface area contributed by atoms with E-state index in [1.807, 2.05) is 6.33 Å². The van der Waals surface area contributed by atoms with Gasteiger partial charge < -0.3 is 10.3 Å². The van der Waals surface area contributed by atoms with Crippen molar-refractivity contribution in [3.8, 4) is 0 Å². The molecule has 4 nitrogen and oxygen atoms in total. The van der Waals surface area contributed by atoms with Crippen LogP contribution in [0.4, 0.5) is 0 Å². The van der Waals surface area contributed by atoms with Crippen LogP contribution in [0.2, 0.25) is 0 Å². The van der Waals surface area contributed by atoms with Gasteiger partial charge in [-0.15, -0.1) is 10.2 Å². The van der Waals surface area contributed by atoms with Crippen molar-refractivity contribution in [2.45, 2.75) is 45.1 Å². The van der Waals surface area contributed by atoms with E-state index in [9.17, 15) is 0 Å². The van der Waals surface area contributed by atoms with Crippen molar-refractivity contribution in [3.05, 3.63) is 12.2 Å². The zero-order valence-corrected chi connectivity index (χ0v) is 9.39. The summed E-state index contributed by atoms with van der Waals surface area (Å²) in [4.78, 5) is 0. The third-order valence-electron chi connectivity index (χ3n) is 3.11. The molecule has 84 valence electrons. The molecule has 1 heterocycles. The predicted molar refractivity (Wildman–Crippen MR) is 59.4 cm³/mol. The molecule has 1 aromatic heterocycles. The second-order valence-corrected chi connectivity index (χ2v) is 4.61. The summed E-state index contributed by atoms with van der Waals surface area (Å²) < 4.78 is 2.25. The van der Waals surface area contributed by atoms with Gasteiger partial charge in [0.2, 0.25) is 0 Å². The molecule has 1 fully saturated rings. The lowest BCUT2D eigenvalue weighted by molar-refractivity contribution is 0.485. The van der Waals surface area contributed by atoms with E-state index in [0.717, 1.165) is 25.2 Å². The number of hydrogen-bond acceptors (Lipinski definition) is 3. The first-order valence-electron chi connectivity index (χ1n) is 5.89. The summed E-state index contributed by atoms with van der Waals surface area (Å²) >= 11 is 0. The Morgan fingerprint density at radius 1 is 1.53 bits per heavy atom. The Morgan fingerprint density at radius 3 is 3.00 bits per heavy atom. The zero-order valence-electron chi connectivity index (χ0n) is 9.39. The van der Waals surface area contributed by atoms with Crippen LogP contribution in [-0.2, 0) is 6.42 Å². The molecule has 0 bridgehead atoms. The van der Waals surface area contributed by atoms with Crippen LogP contribution in [0.5, 0.6) is 0 Å². The Labute approximate surface area is 90.9 Å². The first-order chi connectivity index (χ1) is 7.31. The van der Waals surface area contributed by atoms with Crippen molar-refractivity contribution < 1.29 is 0 Å². The number of aryl methyl sites for hydroxylation is 1. The monoisotopic (exact) mass is 208 g/mol. The summed E-state index contributed by atoms with van der Waals surface area (Å²) in [6.45, 7) is 3.04. The number of rotatable bonds is 6. The molecule has 0 aliphatic heterocycles. The molecule has 1 saturated carbocycles. The summed E-state index contributed by atoms with van der Waals surface area (Å²) in [5.41, 5.74) is 5.53. The van der Waals surface area contributed by atoms with E-state index < -0.39 is 0 Å². The van der Waals surface area contributed by atoms with Gasteiger partial charge in [-0.1, -0.05) is 6.92 Å². The second kappa shape index (κ2) is 4.75. The standard InChI is InChI=1S/C11H20N4/c1-9(6-7-12)2-5-11-14-13-8-15(11)10-3-4-10/h8-10H,2-7,12H2,1H3. The fraction of sp³-hybridized carbons (Fsp3) is 0.818. The first-order valence-corrected chi connectivity index (χ1v) is 5.89. The maximum atomic E-state index is 5.53. The Kier molecular flexibility index (Phi) is 3.36. The third kappa shape index (κ3) is 2.78. The predicted octanol–water partition coefficient (Wildman–Crippen LogP) is 1.53. The van der Waals surface area contributed by atoms with Gasteiger partial charge >= 0.3 is 0 Å². The molecule has 4 heteroatoms. The van der Waals surface area contributed by atoms with E-state index in [-0.39, 0.29) is 0 Å². The van der Waals surface area contributed by atoms with Crippen LogP contribution in [0.1, 0.15) is 44.5 Å². The highest BCUT2D eigenvalue weighted by Gasteiger charge is 2.25. The van der Waals surface area contributed by atoms with Crippen LogP contribution >= 0.6 is 0 Å². The summed E-state index contributed by atoms with van der Waals surface area (Å²) in [7, 11) is 0. The molecule has 2 rings (SSSR count). The van der Waals surface area contributed by atoms with Crippen molar-refractivity contribution in [2.24, 2.45) is 11.7 Å². The topological polar surface area (TPSA) is 56.7 Å². The van der Waals surface area contributed by atoms with Gasteiger partial charge in [0.05, 0.1) is 0 Å². The van der Waals surface area contributed by atoms with Crippen LogP contribution in [0.25, 0.3) is 0 Å². The number of hydrogen-bond donors (Lipinski definition) is 1. The van der Waals surface area contributed by atoms with Gasteiger partial charge in [-0.25, -0.2) is 0 Å². The van der Waals surface area contributed by atoms with Gasteiger partial charge in [0, 0.05) is 12.5 Å². The van der Waals surface area contributed by atoms with Gasteiger partial charge in [0.25, 0.3) is 0 Å². The van der Waals surface area contributed by atoms with Gasteiger partial charge in [-0.05, 0) is 38.1 Å². The molecular weight excluding hydrogens is 188 g/mol. The SMILES string of the molecule is CC(CCN)CCc1nncn1C1CC1. The summed E-state index contributed by atoms with van der Waals surface area (Å²) in [6, 6.07) is 0.694. The molecule has 15 heavy (non-hydrogen) atoms. The van der Waals surface area contributed by atoms with Crippen LogP contribution in [0.3, 0.4) is 0 Å². The van der Waals surface area contributed by atoms with Crippen LogP contribution < -0.4 is 5.73 Å². The van der Waals surface area contributed by atoms with E-state index in [1.54, 1.807) is 0 Å². The molecule has 1 atom stereocenters. The normalized spacial score (nSPS) is 18.0. The van der Waals surface area contributed by atoms with Crippen molar-refractivity contribution in [1.82, 2.24) is 14.8 Å². The summed E-state index contributed by atoms with van der Waals surface area (Å²) in [5, 5.41) is 8.19.